The number of methoxy groups -OCH3 is 1. The average molecular weight is 421 g/mol. The number of ether oxygens (including phenoxy) is 2. The molecule has 0 aliphatic heterocycles. The fourth-order valence-electron chi connectivity index (χ4n) is 2.92. The molecule has 0 heterocycles. The van der Waals surface area contributed by atoms with E-state index in [4.69, 9.17) is 9.47 Å². The molecule has 29 heavy (non-hydrogen) atoms. The van der Waals surface area contributed by atoms with Crippen molar-refractivity contribution in [2.45, 2.75) is 32.1 Å². The van der Waals surface area contributed by atoms with Crippen LogP contribution in [0.4, 0.5) is 5.69 Å². The summed E-state index contributed by atoms with van der Waals surface area (Å²) >= 11 is 0. The van der Waals surface area contributed by atoms with E-state index in [9.17, 15) is 13.2 Å². The lowest BCUT2D eigenvalue weighted by Gasteiger charge is -2.19. The molecule has 2 rings (SSSR count). The van der Waals surface area contributed by atoms with Gasteiger partial charge in [0.15, 0.2) is 6.61 Å². The molecule has 0 aromatic heterocycles. The van der Waals surface area contributed by atoms with E-state index in [1.54, 1.807) is 13.8 Å². The van der Waals surface area contributed by atoms with Gasteiger partial charge in [-0.15, -0.1) is 0 Å². The van der Waals surface area contributed by atoms with Gasteiger partial charge in [-0.2, -0.15) is 4.31 Å². The van der Waals surface area contributed by atoms with Crippen LogP contribution in [0.2, 0.25) is 0 Å². The van der Waals surface area contributed by atoms with E-state index in [-0.39, 0.29) is 17.2 Å². The van der Waals surface area contributed by atoms with Crippen molar-refractivity contribution >= 4 is 21.6 Å². The zero-order valence-corrected chi connectivity index (χ0v) is 18.1. The fraction of sp³-hybridized carbons (Fsp3) is 0.381. The predicted octanol–water partition coefficient (Wildman–Crippen LogP) is 3.31. The zero-order valence-electron chi connectivity index (χ0n) is 17.3. The average Bonchev–Trinajstić information content (AvgIpc) is 2.73. The number of amides is 1. The van der Waals surface area contributed by atoms with Crippen molar-refractivity contribution in [3.8, 4) is 11.5 Å². The Hall–Kier alpha value is -2.58. The number of anilines is 1. The molecular weight excluding hydrogens is 392 g/mol. The number of nitrogens with one attached hydrogen (secondary N) is 1. The minimum Gasteiger partial charge on any atom is -0.495 e. The van der Waals surface area contributed by atoms with E-state index in [0.717, 1.165) is 12.0 Å². The predicted molar refractivity (Wildman–Crippen MR) is 113 cm³/mol. The summed E-state index contributed by atoms with van der Waals surface area (Å²) in [6.45, 7) is 6.08. The summed E-state index contributed by atoms with van der Waals surface area (Å²) in [6.07, 6.45) is 0.789. The lowest BCUT2D eigenvalue weighted by atomic mass is 10.1. The Morgan fingerprint density at radius 1 is 1.03 bits per heavy atom. The molecule has 1 N–H and O–H groups in total. The molecule has 7 nitrogen and oxygen atoms in total. The van der Waals surface area contributed by atoms with E-state index in [1.807, 2.05) is 31.2 Å². The molecule has 0 atom stereocenters. The first-order chi connectivity index (χ1) is 13.9. The van der Waals surface area contributed by atoms with Crippen LogP contribution < -0.4 is 14.8 Å². The first kappa shape index (κ1) is 22.7. The standard InChI is InChI=1S/C21H28N2O5S/c1-5-16-10-8-9-11-19(16)28-15-21(24)22-18-14-17(12-13-20(18)27-4)29(25,26)23(6-2)7-3/h8-14H,5-7,15H2,1-4H3,(H,22,24). The van der Waals surface area contributed by atoms with Gasteiger partial charge >= 0.3 is 0 Å². The summed E-state index contributed by atoms with van der Waals surface area (Å²) in [6, 6.07) is 11.9. The van der Waals surface area contributed by atoms with Crippen LogP contribution in [-0.4, -0.2) is 45.4 Å². The van der Waals surface area contributed by atoms with Gasteiger partial charge in [-0.3, -0.25) is 4.79 Å². The molecule has 2 aromatic carbocycles. The highest BCUT2D eigenvalue weighted by molar-refractivity contribution is 7.89. The molecule has 0 spiro atoms. The van der Waals surface area contributed by atoms with Crippen LogP contribution in [0, 0.1) is 0 Å². The summed E-state index contributed by atoms with van der Waals surface area (Å²) in [7, 11) is -2.20. The van der Waals surface area contributed by atoms with Crippen LogP contribution in [-0.2, 0) is 21.2 Å². The minimum absolute atomic E-state index is 0.0922. The molecule has 0 aliphatic carbocycles. The van der Waals surface area contributed by atoms with Crippen molar-refractivity contribution in [2.24, 2.45) is 0 Å². The Labute approximate surface area is 172 Å². The maximum atomic E-state index is 12.8. The molecule has 8 heteroatoms. The monoisotopic (exact) mass is 420 g/mol. The van der Waals surface area contributed by atoms with Crippen molar-refractivity contribution < 1.29 is 22.7 Å². The van der Waals surface area contributed by atoms with Crippen LogP contribution in [0.15, 0.2) is 47.4 Å². The Balaban J connectivity index is 2.19. The lowest BCUT2D eigenvalue weighted by Crippen LogP contribution is -2.30. The summed E-state index contributed by atoms with van der Waals surface area (Å²) < 4.78 is 37.8. The third-order valence-electron chi connectivity index (χ3n) is 4.50. The van der Waals surface area contributed by atoms with E-state index in [1.165, 1.54) is 29.6 Å². The summed E-state index contributed by atoms with van der Waals surface area (Å²) in [5.41, 5.74) is 1.28. The smallest absolute Gasteiger partial charge is 0.262 e. The van der Waals surface area contributed by atoms with Gasteiger partial charge in [-0.05, 0) is 36.2 Å². The van der Waals surface area contributed by atoms with Gasteiger partial charge in [0.1, 0.15) is 11.5 Å². The second-order valence-electron chi connectivity index (χ2n) is 6.25. The number of carbonyl (C=O) groups is 1. The number of hydrogen-bond donors (Lipinski definition) is 1. The number of hydrogen-bond acceptors (Lipinski definition) is 5. The molecule has 0 saturated heterocycles. The van der Waals surface area contributed by atoms with Crippen LogP contribution in [0.1, 0.15) is 26.3 Å². The highest BCUT2D eigenvalue weighted by Crippen LogP contribution is 2.29. The van der Waals surface area contributed by atoms with Gasteiger partial charge in [-0.1, -0.05) is 39.0 Å². The topological polar surface area (TPSA) is 84.9 Å². The number of carbonyl (C=O) groups excluding carboxylic acids is 1. The molecule has 0 fully saturated rings. The van der Waals surface area contributed by atoms with Crippen LogP contribution in [0.5, 0.6) is 11.5 Å². The Morgan fingerprint density at radius 2 is 1.72 bits per heavy atom. The number of rotatable bonds is 10. The van der Waals surface area contributed by atoms with E-state index in [2.05, 4.69) is 5.32 Å². The molecule has 0 aliphatic rings. The SMILES string of the molecule is CCc1ccccc1OCC(=O)Nc1cc(S(=O)(=O)N(CC)CC)ccc1OC. The van der Waals surface area contributed by atoms with Crippen LogP contribution in [0.25, 0.3) is 0 Å². The molecule has 2 aromatic rings. The summed E-state index contributed by atoms with van der Waals surface area (Å²) in [4.78, 5) is 12.5. The molecule has 1 amide bonds. The third kappa shape index (κ3) is 5.48. The lowest BCUT2D eigenvalue weighted by molar-refractivity contribution is -0.118. The molecule has 0 bridgehead atoms. The van der Waals surface area contributed by atoms with Gasteiger partial charge in [0.25, 0.3) is 5.91 Å². The largest absolute Gasteiger partial charge is 0.495 e. The third-order valence-corrected chi connectivity index (χ3v) is 6.55. The first-order valence-electron chi connectivity index (χ1n) is 9.56. The quantitative estimate of drug-likeness (QED) is 0.637. The van der Waals surface area contributed by atoms with Gasteiger partial charge in [0.05, 0.1) is 17.7 Å². The van der Waals surface area contributed by atoms with E-state index < -0.39 is 15.9 Å². The van der Waals surface area contributed by atoms with Gasteiger partial charge in [0.2, 0.25) is 10.0 Å². The second kappa shape index (κ2) is 10.3. The van der Waals surface area contributed by atoms with Gasteiger partial charge in [-0.25, -0.2) is 8.42 Å². The Bertz CT molecular complexity index is 940. The minimum atomic E-state index is -3.65. The van der Waals surface area contributed by atoms with Gasteiger partial charge < -0.3 is 14.8 Å². The van der Waals surface area contributed by atoms with Crippen LogP contribution >= 0.6 is 0 Å². The maximum Gasteiger partial charge on any atom is 0.262 e. The normalized spacial score (nSPS) is 11.3. The van der Waals surface area contributed by atoms with Crippen LogP contribution in [0.3, 0.4) is 0 Å². The maximum absolute atomic E-state index is 12.8. The van der Waals surface area contributed by atoms with E-state index >= 15 is 0 Å². The molecule has 158 valence electrons. The number of benzene rings is 2. The zero-order chi connectivity index (χ0) is 21.4. The number of aryl methyl sites for hydroxylation is 1. The summed E-state index contributed by atoms with van der Waals surface area (Å²) in [5.74, 6) is 0.604. The number of sulfonamides is 1. The van der Waals surface area contributed by atoms with Crippen molar-refractivity contribution in [3.63, 3.8) is 0 Å². The second-order valence-corrected chi connectivity index (χ2v) is 8.19. The van der Waals surface area contributed by atoms with Crippen molar-refractivity contribution in [1.29, 1.82) is 0 Å². The number of para-hydroxylation sites is 1. The number of nitrogens with zero attached hydrogens (tertiary/aromatic N) is 1. The highest BCUT2D eigenvalue weighted by atomic mass is 32.2. The molecular formula is C21H28N2O5S. The van der Waals surface area contributed by atoms with E-state index in [0.29, 0.717) is 24.6 Å². The molecule has 0 saturated carbocycles. The van der Waals surface area contributed by atoms with Gasteiger partial charge in [0, 0.05) is 13.1 Å². The first-order valence-corrected chi connectivity index (χ1v) is 11.0. The molecule has 0 radical (unpaired) electrons. The van der Waals surface area contributed by atoms with Crippen molar-refractivity contribution in [3.05, 3.63) is 48.0 Å². The van der Waals surface area contributed by atoms with Crippen molar-refractivity contribution in [1.82, 2.24) is 4.31 Å². The fourth-order valence-corrected chi connectivity index (χ4v) is 4.41. The molecule has 0 unspecified atom stereocenters. The Morgan fingerprint density at radius 3 is 2.34 bits per heavy atom. The summed E-state index contributed by atoms with van der Waals surface area (Å²) in [5, 5.41) is 2.68. The highest BCUT2D eigenvalue weighted by Gasteiger charge is 2.23. The van der Waals surface area contributed by atoms with Crippen molar-refractivity contribution in [2.75, 3.05) is 32.1 Å². The Kier molecular flexibility index (Phi) is 8.04.